The van der Waals surface area contributed by atoms with Gasteiger partial charge in [0.05, 0.1) is 27.6 Å². The predicted octanol–water partition coefficient (Wildman–Crippen LogP) is 9.49. The number of para-hydroxylation sites is 5. The van der Waals surface area contributed by atoms with E-state index in [0.717, 1.165) is 50.0 Å². The van der Waals surface area contributed by atoms with Crippen LogP contribution in [0.5, 0.6) is 0 Å². The first-order valence-electron chi connectivity index (χ1n) is 14.2. The zero-order valence-electron chi connectivity index (χ0n) is 22.6. The molecule has 0 N–H and O–H groups in total. The third kappa shape index (κ3) is 3.36. The van der Waals surface area contributed by atoms with Gasteiger partial charge >= 0.3 is 0 Å². The molecular weight excluding hydrogens is 512 g/mol. The van der Waals surface area contributed by atoms with Crippen molar-refractivity contribution in [2.75, 3.05) is 0 Å². The van der Waals surface area contributed by atoms with Gasteiger partial charge in [0, 0.05) is 27.5 Å². The van der Waals surface area contributed by atoms with E-state index in [1.165, 1.54) is 27.4 Å². The van der Waals surface area contributed by atoms with Crippen molar-refractivity contribution in [1.29, 1.82) is 0 Å². The Bertz CT molecular complexity index is 2450. The van der Waals surface area contributed by atoms with Crippen molar-refractivity contribution < 1.29 is 0 Å². The van der Waals surface area contributed by atoms with Crippen LogP contribution in [0.25, 0.3) is 77.4 Å². The summed E-state index contributed by atoms with van der Waals surface area (Å²) < 4.78 is 4.58. The number of aromatic nitrogens is 4. The largest absolute Gasteiger partial charge is 0.309 e. The Morgan fingerprint density at radius 3 is 1.62 bits per heavy atom. The fourth-order valence-electron chi connectivity index (χ4n) is 6.39. The van der Waals surface area contributed by atoms with Crippen molar-refractivity contribution in [2.45, 2.75) is 0 Å². The maximum absolute atomic E-state index is 5.13. The molecule has 0 aliphatic heterocycles. The molecule has 0 saturated heterocycles. The van der Waals surface area contributed by atoms with Crippen LogP contribution in [-0.4, -0.2) is 19.1 Å². The summed E-state index contributed by atoms with van der Waals surface area (Å²) in [4.78, 5) is 10.2. The van der Waals surface area contributed by atoms with E-state index in [-0.39, 0.29) is 0 Å². The van der Waals surface area contributed by atoms with Gasteiger partial charge in [0.1, 0.15) is 5.52 Å². The van der Waals surface area contributed by atoms with E-state index in [0.29, 0.717) is 0 Å². The van der Waals surface area contributed by atoms with Gasteiger partial charge in [-0.2, -0.15) is 0 Å². The highest BCUT2D eigenvalue weighted by molar-refractivity contribution is 6.12. The number of hydrogen-bond donors (Lipinski definition) is 0. The van der Waals surface area contributed by atoms with Gasteiger partial charge in [0.2, 0.25) is 0 Å². The van der Waals surface area contributed by atoms with Gasteiger partial charge in [-0.15, -0.1) is 0 Å². The Hall–Kier alpha value is -5.74. The normalized spacial score (nSPS) is 11.8. The molecular formula is C38H24N4. The van der Waals surface area contributed by atoms with Crippen LogP contribution in [0.15, 0.2) is 146 Å². The number of hydrogen-bond acceptors (Lipinski definition) is 2. The highest BCUT2D eigenvalue weighted by Gasteiger charge is 2.18. The minimum Gasteiger partial charge on any atom is -0.309 e. The van der Waals surface area contributed by atoms with E-state index >= 15 is 0 Å². The Kier molecular flexibility index (Phi) is 4.87. The van der Waals surface area contributed by atoms with E-state index in [9.17, 15) is 0 Å². The molecule has 42 heavy (non-hydrogen) atoms. The lowest BCUT2D eigenvalue weighted by molar-refractivity contribution is 1.14. The molecule has 6 aromatic carbocycles. The maximum atomic E-state index is 5.13. The summed E-state index contributed by atoms with van der Waals surface area (Å²) in [6, 6.07) is 51.3. The first kappa shape index (κ1) is 23.0. The minimum atomic E-state index is 0.869. The second-order valence-electron chi connectivity index (χ2n) is 10.7. The van der Waals surface area contributed by atoms with Gasteiger partial charge in [-0.3, -0.25) is 4.57 Å². The van der Waals surface area contributed by atoms with Crippen molar-refractivity contribution in [2.24, 2.45) is 0 Å². The first-order valence-corrected chi connectivity index (χ1v) is 14.2. The second-order valence-corrected chi connectivity index (χ2v) is 10.7. The quantitative estimate of drug-likeness (QED) is 0.225. The molecule has 4 nitrogen and oxygen atoms in total. The summed E-state index contributed by atoms with van der Waals surface area (Å²) >= 11 is 0. The van der Waals surface area contributed by atoms with Gasteiger partial charge in [-0.25, -0.2) is 9.97 Å². The summed E-state index contributed by atoms with van der Waals surface area (Å²) in [5.41, 5.74) is 11.6. The lowest BCUT2D eigenvalue weighted by Crippen LogP contribution is -1.96. The third-order valence-electron chi connectivity index (χ3n) is 8.29. The average Bonchev–Trinajstić information content (AvgIpc) is 3.56. The first-order chi connectivity index (χ1) is 20.8. The highest BCUT2D eigenvalue weighted by Crippen LogP contribution is 2.37. The van der Waals surface area contributed by atoms with Crippen LogP contribution in [-0.2, 0) is 0 Å². The van der Waals surface area contributed by atoms with E-state index in [2.05, 4.69) is 124 Å². The molecule has 0 fully saturated rings. The minimum absolute atomic E-state index is 0.869. The molecule has 9 rings (SSSR count). The SMILES string of the molecule is c1ccc(-n2c3ccccc3c3cc(-c4ccc5c(c4)c4nc6ccccc6nc4n5-c4ccccc4)ccc32)cc1. The van der Waals surface area contributed by atoms with Crippen LogP contribution >= 0.6 is 0 Å². The molecule has 0 aliphatic carbocycles. The van der Waals surface area contributed by atoms with Crippen molar-refractivity contribution >= 4 is 54.9 Å². The summed E-state index contributed by atoms with van der Waals surface area (Å²) in [6.45, 7) is 0. The summed E-state index contributed by atoms with van der Waals surface area (Å²) in [6.07, 6.45) is 0. The van der Waals surface area contributed by atoms with Gasteiger partial charge in [-0.1, -0.05) is 78.9 Å². The number of benzene rings is 6. The molecule has 0 unspecified atom stereocenters. The monoisotopic (exact) mass is 536 g/mol. The van der Waals surface area contributed by atoms with Crippen molar-refractivity contribution in [3.8, 4) is 22.5 Å². The Labute approximate surface area is 241 Å². The van der Waals surface area contributed by atoms with Crippen LogP contribution in [0.4, 0.5) is 0 Å². The molecule has 4 heteroatoms. The molecule has 0 radical (unpaired) electrons. The highest BCUT2D eigenvalue weighted by atomic mass is 15.1. The summed E-state index contributed by atoms with van der Waals surface area (Å²) in [5, 5.41) is 3.58. The van der Waals surface area contributed by atoms with Crippen LogP contribution in [0.3, 0.4) is 0 Å². The molecule has 196 valence electrons. The van der Waals surface area contributed by atoms with Crippen LogP contribution < -0.4 is 0 Å². The summed E-state index contributed by atoms with van der Waals surface area (Å²) in [5.74, 6) is 0. The Morgan fingerprint density at radius 1 is 0.381 bits per heavy atom. The Morgan fingerprint density at radius 2 is 0.905 bits per heavy atom. The summed E-state index contributed by atoms with van der Waals surface area (Å²) in [7, 11) is 0. The van der Waals surface area contributed by atoms with Gasteiger partial charge in [0.15, 0.2) is 5.65 Å². The molecule has 0 aliphatic rings. The van der Waals surface area contributed by atoms with Gasteiger partial charge in [-0.05, 0) is 77.9 Å². The molecule has 0 bridgehead atoms. The molecule has 9 aromatic rings. The van der Waals surface area contributed by atoms with E-state index < -0.39 is 0 Å². The average molecular weight is 537 g/mol. The van der Waals surface area contributed by atoms with Crippen molar-refractivity contribution in [1.82, 2.24) is 19.1 Å². The number of fused-ring (bicyclic) bond motifs is 7. The fourth-order valence-corrected chi connectivity index (χ4v) is 6.39. The Balaban J connectivity index is 1.30. The number of nitrogens with zero attached hydrogens (tertiary/aromatic N) is 4. The molecule has 3 heterocycles. The molecule has 0 amide bonds. The van der Waals surface area contributed by atoms with Crippen molar-refractivity contribution in [3.05, 3.63) is 146 Å². The van der Waals surface area contributed by atoms with Crippen LogP contribution in [0, 0.1) is 0 Å². The van der Waals surface area contributed by atoms with E-state index in [1.54, 1.807) is 0 Å². The lowest BCUT2D eigenvalue weighted by Gasteiger charge is -2.09. The van der Waals surface area contributed by atoms with E-state index in [4.69, 9.17) is 9.97 Å². The zero-order valence-corrected chi connectivity index (χ0v) is 22.6. The van der Waals surface area contributed by atoms with Gasteiger partial charge < -0.3 is 4.57 Å². The van der Waals surface area contributed by atoms with Crippen LogP contribution in [0.2, 0.25) is 0 Å². The molecule has 3 aromatic heterocycles. The molecule has 0 spiro atoms. The van der Waals surface area contributed by atoms with Crippen LogP contribution in [0.1, 0.15) is 0 Å². The van der Waals surface area contributed by atoms with Gasteiger partial charge in [0.25, 0.3) is 0 Å². The molecule has 0 saturated carbocycles. The predicted molar refractivity (Wildman–Crippen MR) is 174 cm³/mol. The van der Waals surface area contributed by atoms with Crippen molar-refractivity contribution in [3.63, 3.8) is 0 Å². The smallest absolute Gasteiger partial charge is 0.165 e. The topological polar surface area (TPSA) is 35.6 Å². The standard InChI is InChI=1S/C38H24N4/c1-3-11-27(12-4-1)41-34-18-10-7-15-29(34)30-23-25(19-21-35(30)41)26-20-22-36-31(24-26)37-38(42(36)28-13-5-2-6-14-28)40-33-17-9-8-16-32(33)39-37/h1-24H. The lowest BCUT2D eigenvalue weighted by atomic mass is 10.0. The zero-order chi connectivity index (χ0) is 27.6. The second kappa shape index (κ2) is 8.88. The third-order valence-corrected chi connectivity index (χ3v) is 8.29. The maximum Gasteiger partial charge on any atom is 0.165 e. The van der Waals surface area contributed by atoms with E-state index in [1.807, 2.05) is 30.3 Å². The number of rotatable bonds is 3. The fraction of sp³-hybridized carbons (Fsp3) is 0. The molecule has 0 atom stereocenters.